The Balaban J connectivity index is 2.11. The van der Waals surface area contributed by atoms with Gasteiger partial charge in [-0.3, -0.25) is 10.1 Å². The zero-order valence-corrected chi connectivity index (χ0v) is 11.0. The van der Waals surface area contributed by atoms with Crippen LogP contribution < -0.4 is 5.32 Å². The lowest BCUT2D eigenvalue weighted by molar-refractivity contribution is -0.385. The van der Waals surface area contributed by atoms with E-state index in [1.165, 1.54) is 25.7 Å². The average molecular weight is 248 g/mol. The van der Waals surface area contributed by atoms with Crippen molar-refractivity contribution < 1.29 is 4.92 Å². The zero-order valence-electron chi connectivity index (χ0n) is 11.0. The lowest BCUT2D eigenvalue weighted by Crippen LogP contribution is -2.12. The number of nitro groups is 1. The SMILES string of the molecule is Cc1cc(C)c([N+](=O)[O-])cc1NCC1CCCC1. The molecule has 1 aromatic carbocycles. The minimum absolute atomic E-state index is 0.203. The van der Waals surface area contributed by atoms with Gasteiger partial charge in [0.05, 0.1) is 4.92 Å². The molecule has 4 nitrogen and oxygen atoms in total. The highest BCUT2D eigenvalue weighted by Gasteiger charge is 2.17. The summed E-state index contributed by atoms with van der Waals surface area (Å²) < 4.78 is 0. The number of rotatable bonds is 4. The molecule has 0 aromatic heterocycles. The lowest BCUT2D eigenvalue weighted by Gasteiger charge is -2.14. The maximum absolute atomic E-state index is 10.9. The standard InChI is InChI=1S/C14H20N2O2/c1-10-7-11(2)14(16(17)18)8-13(10)15-9-12-5-3-4-6-12/h7-8,12,15H,3-6,9H2,1-2H3. The van der Waals surface area contributed by atoms with Crippen LogP contribution in [0.5, 0.6) is 0 Å². The summed E-state index contributed by atoms with van der Waals surface area (Å²) in [4.78, 5) is 10.6. The molecule has 0 unspecified atom stereocenters. The molecule has 18 heavy (non-hydrogen) atoms. The van der Waals surface area contributed by atoms with Crippen molar-refractivity contribution in [2.75, 3.05) is 11.9 Å². The smallest absolute Gasteiger partial charge is 0.274 e. The van der Waals surface area contributed by atoms with Gasteiger partial charge in [-0.2, -0.15) is 0 Å². The largest absolute Gasteiger partial charge is 0.384 e. The highest BCUT2D eigenvalue weighted by molar-refractivity contribution is 5.60. The highest BCUT2D eigenvalue weighted by Crippen LogP contribution is 2.28. The molecule has 1 aliphatic carbocycles. The third-order valence-corrected chi connectivity index (χ3v) is 3.80. The molecule has 1 N–H and O–H groups in total. The summed E-state index contributed by atoms with van der Waals surface area (Å²) in [5.41, 5.74) is 2.91. The molecular formula is C14H20N2O2. The van der Waals surface area contributed by atoms with Gasteiger partial charge in [0.1, 0.15) is 0 Å². The number of benzene rings is 1. The minimum Gasteiger partial charge on any atom is -0.384 e. The van der Waals surface area contributed by atoms with Crippen LogP contribution in [0.15, 0.2) is 12.1 Å². The summed E-state index contributed by atoms with van der Waals surface area (Å²) in [5.74, 6) is 0.727. The third-order valence-electron chi connectivity index (χ3n) is 3.80. The monoisotopic (exact) mass is 248 g/mol. The first kappa shape index (κ1) is 12.9. The summed E-state index contributed by atoms with van der Waals surface area (Å²) in [6.45, 7) is 4.71. The van der Waals surface area contributed by atoms with E-state index in [2.05, 4.69) is 5.32 Å². The fourth-order valence-corrected chi connectivity index (χ4v) is 2.70. The first-order chi connectivity index (χ1) is 8.58. The van der Waals surface area contributed by atoms with Crippen LogP contribution in [0, 0.1) is 29.9 Å². The molecule has 0 atom stereocenters. The van der Waals surface area contributed by atoms with Crippen LogP contribution in [-0.2, 0) is 0 Å². The molecule has 0 bridgehead atoms. The quantitative estimate of drug-likeness (QED) is 0.651. The van der Waals surface area contributed by atoms with E-state index in [4.69, 9.17) is 0 Å². The minimum atomic E-state index is -0.310. The molecule has 0 spiro atoms. The fourth-order valence-electron chi connectivity index (χ4n) is 2.70. The number of aryl methyl sites for hydroxylation is 2. The molecule has 0 aliphatic heterocycles. The maximum atomic E-state index is 10.9. The summed E-state index contributed by atoms with van der Waals surface area (Å²) in [6, 6.07) is 3.55. The Hall–Kier alpha value is -1.58. The molecule has 1 saturated carbocycles. The number of nitrogens with one attached hydrogen (secondary N) is 1. The molecule has 1 fully saturated rings. The van der Waals surface area contributed by atoms with Crippen molar-refractivity contribution in [3.63, 3.8) is 0 Å². The van der Waals surface area contributed by atoms with Crippen LogP contribution in [-0.4, -0.2) is 11.5 Å². The predicted molar refractivity (Wildman–Crippen MR) is 73.0 cm³/mol. The molecule has 4 heteroatoms. The Kier molecular flexibility index (Phi) is 3.84. The first-order valence-corrected chi connectivity index (χ1v) is 6.57. The van der Waals surface area contributed by atoms with E-state index >= 15 is 0 Å². The van der Waals surface area contributed by atoms with Crippen LogP contribution >= 0.6 is 0 Å². The molecule has 1 aliphatic rings. The van der Waals surface area contributed by atoms with Gasteiger partial charge in [-0.1, -0.05) is 12.8 Å². The van der Waals surface area contributed by atoms with E-state index in [1.807, 2.05) is 13.0 Å². The van der Waals surface area contributed by atoms with Gasteiger partial charge in [-0.05, 0) is 44.2 Å². The van der Waals surface area contributed by atoms with Crippen LogP contribution in [0.1, 0.15) is 36.8 Å². The topological polar surface area (TPSA) is 55.2 Å². The van der Waals surface area contributed by atoms with Gasteiger partial charge < -0.3 is 5.32 Å². The lowest BCUT2D eigenvalue weighted by atomic mass is 10.1. The van der Waals surface area contributed by atoms with Crippen LogP contribution in [0.25, 0.3) is 0 Å². The number of anilines is 1. The zero-order chi connectivity index (χ0) is 13.1. The number of hydrogen-bond donors (Lipinski definition) is 1. The molecule has 0 heterocycles. The van der Waals surface area contributed by atoms with Gasteiger partial charge in [0.25, 0.3) is 5.69 Å². The van der Waals surface area contributed by atoms with Gasteiger partial charge in [-0.15, -0.1) is 0 Å². The van der Waals surface area contributed by atoms with Crippen molar-refractivity contribution in [2.45, 2.75) is 39.5 Å². The molecule has 0 saturated heterocycles. The molecule has 1 aromatic rings. The van der Waals surface area contributed by atoms with Crippen molar-refractivity contribution in [1.82, 2.24) is 0 Å². The Labute approximate surface area is 108 Å². The molecule has 0 radical (unpaired) electrons. The van der Waals surface area contributed by atoms with E-state index in [-0.39, 0.29) is 10.6 Å². The van der Waals surface area contributed by atoms with E-state index in [0.29, 0.717) is 0 Å². The maximum Gasteiger partial charge on any atom is 0.274 e. The second-order valence-corrected chi connectivity index (χ2v) is 5.24. The molecule has 98 valence electrons. The Morgan fingerprint density at radius 2 is 1.94 bits per heavy atom. The van der Waals surface area contributed by atoms with Crippen molar-refractivity contribution in [3.8, 4) is 0 Å². The van der Waals surface area contributed by atoms with Crippen LogP contribution in [0.3, 0.4) is 0 Å². The van der Waals surface area contributed by atoms with Gasteiger partial charge >= 0.3 is 0 Å². The van der Waals surface area contributed by atoms with Crippen molar-refractivity contribution in [1.29, 1.82) is 0 Å². The molecule has 0 amide bonds. The summed E-state index contributed by atoms with van der Waals surface area (Å²) in [6.07, 6.45) is 5.19. The van der Waals surface area contributed by atoms with Crippen molar-refractivity contribution in [3.05, 3.63) is 33.4 Å². The van der Waals surface area contributed by atoms with Crippen LogP contribution in [0.4, 0.5) is 11.4 Å². The van der Waals surface area contributed by atoms with Gasteiger partial charge in [0, 0.05) is 23.9 Å². The second-order valence-electron chi connectivity index (χ2n) is 5.24. The Morgan fingerprint density at radius 3 is 2.56 bits per heavy atom. The van der Waals surface area contributed by atoms with Gasteiger partial charge in [0.15, 0.2) is 0 Å². The summed E-state index contributed by atoms with van der Waals surface area (Å²) in [7, 11) is 0. The highest BCUT2D eigenvalue weighted by atomic mass is 16.6. The predicted octanol–water partition coefficient (Wildman–Crippen LogP) is 3.81. The molecular weight excluding hydrogens is 228 g/mol. The first-order valence-electron chi connectivity index (χ1n) is 6.57. The number of hydrogen-bond acceptors (Lipinski definition) is 3. The van der Waals surface area contributed by atoms with Gasteiger partial charge in [0.2, 0.25) is 0 Å². The normalized spacial score (nSPS) is 15.9. The van der Waals surface area contributed by atoms with E-state index in [0.717, 1.165) is 29.3 Å². The van der Waals surface area contributed by atoms with Gasteiger partial charge in [-0.25, -0.2) is 0 Å². The van der Waals surface area contributed by atoms with Crippen molar-refractivity contribution >= 4 is 11.4 Å². The Bertz CT molecular complexity index is 451. The number of nitrogens with zero attached hydrogens (tertiary/aromatic N) is 1. The van der Waals surface area contributed by atoms with E-state index < -0.39 is 0 Å². The molecule has 2 rings (SSSR count). The average Bonchev–Trinajstić information content (AvgIpc) is 2.80. The van der Waals surface area contributed by atoms with E-state index in [9.17, 15) is 10.1 Å². The Morgan fingerprint density at radius 1 is 1.28 bits per heavy atom. The number of nitro benzene ring substituents is 1. The fraction of sp³-hybridized carbons (Fsp3) is 0.571. The summed E-state index contributed by atoms with van der Waals surface area (Å²) in [5, 5.41) is 14.3. The van der Waals surface area contributed by atoms with Crippen LogP contribution in [0.2, 0.25) is 0 Å². The second kappa shape index (κ2) is 5.38. The third kappa shape index (κ3) is 2.81. The summed E-state index contributed by atoms with van der Waals surface area (Å²) >= 11 is 0. The van der Waals surface area contributed by atoms with E-state index in [1.54, 1.807) is 13.0 Å². The van der Waals surface area contributed by atoms with Crippen molar-refractivity contribution in [2.24, 2.45) is 5.92 Å².